The molecule has 84 valence electrons. The van der Waals surface area contributed by atoms with Crippen molar-refractivity contribution in [2.24, 2.45) is 0 Å². The van der Waals surface area contributed by atoms with Crippen LogP contribution in [0.3, 0.4) is 0 Å². The first-order valence-electron chi connectivity index (χ1n) is 5.79. The second kappa shape index (κ2) is 7.30. The van der Waals surface area contributed by atoms with E-state index >= 15 is 0 Å². The van der Waals surface area contributed by atoms with E-state index in [1.165, 1.54) is 0 Å². The van der Waals surface area contributed by atoms with Crippen molar-refractivity contribution in [3.05, 3.63) is 30.3 Å². The lowest BCUT2D eigenvalue weighted by Gasteiger charge is -2.18. The average Bonchev–Trinajstić information content (AvgIpc) is 2.28. The third-order valence-electron chi connectivity index (χ3n) is 2.28. The Labute approximate surface area is 92.6 Å². The fraction of sp³-hybridized carbons (Fsp3) is 0.538. The molecule has 0 fully saturated rings. The van der Waals surface area contributed by atoms with Crippen LogP contribution in [0.1, 0.15) is 26.7 Å². The van der Waals surface area contributed by atoms with E-state index < -0.39 is 0 Å². The topological polar surface area (TPSA) is 21.3 Å². The summed E-state index contributed by atoms with van der Waals surface area (Å²) in [6.07, 6.45) is 2.54. The summed E-state index contributed by atoms with van der Waals surface area (Å²) in [5.41, 5.74) is 0. The van der Waals surface area contributed by atoms with Gasteiger partial charge in [0.05, 0.1) is 0 Å². The Morgan fingerprint density at radius 3 is 2.53 bits per heavy atom. The van der Waals surface area contributed by atoms with Gasteiger partial charge in [-0.05, 0) is 25.1 Å². The summed E-state index contributed by atoms with van der Waals surface area (Å²) in [4.78, 5) is 0. The van der Waals surface area contributed by atoms with Crippen LogP contribution in [0.15, 0.2) is 30.3 Å². The zero-order chi connectivity index (χ0) is 10.9. The van der Waals surface area contributed by atoms with Crippen molar-refractivity contribution in [1.82, 2.24) is 5.32 Å². The fourth-order valence-electron chi connectivity index (χ4n) is 1.52. The summed E-state index contributed by atoms with van der Waals surface area (Å²) in [7, 11) is 0. The number of nitrogens with one attached hydrogen (secondary N) is 1. The van der Waals surface area contributed by atoms with Gasteiger partial charge in [0, 0.05) is 6.54 Å². The SMILES string of the molecule is CCCC(CNCC)Oc1ccccc1. The van der Waals surface area contributed by atoms with Gasteiger partial charge in [0.15, 0.2) is 0 Å². The molecule has 0 aromatic heterocycles. The number of ether oxygens (including phenoxy) is 1. The normalized spacial score (nSPS) is 12.4. The first-order valence-corrected chi connectivity index (χ1v) is 5.79. The maximum Gasteiger partial charge on any atom is 0.119 e. The smallest absolute Gasteiger partial charge is 0.119 e. The van der Waals surface area contributed by atoms with Crippen LogP contribution in [0, 0.1) is 0 Å². The Morgan fingerprint density at radius 2 is 1.93 bits per heavy atom. The number of benzene rings is 1. The highest BCUT2D eigenvalue weighted by Crippen LogP contribution is 2.12. The number of hydrogen-bond acceptors (Lipinski definition) is 2. The van der Waals surface area contributed by atoms with E-state index in [1.54, 1.807) is 0 Å². The molecule has 0 spiro atoms. The number of likely N-dealkylation sites (N-methyl/N-ethyl adjacent to an activating group) is 1. The van der Waals surface area contributed by atoms with Crippen LogP contribution in [-0.4, -0.2) is 19.2 Å². The molecule has 1 aromatic rings. The van der Waals surface area contributed by atoms with Gasteiger partial charge >= 0.3 is 0 Å². The molecule has 0 aliphatic rings. The van der Waals surface area contributed by atoms with Gasteiger partial charge in [-0.15, -0.1) is 0 Å². The third kappa shape index (κ3) is 4.84. The number of para-hydroxylation sites is 1. The molecule has 0 radical (unpaired) electrons. The van der Waals surface area contributed by atoms with E-state index in [2.05, 4.69) is 19.2 Å². The van der Waals surface area contributed by atoms with Gasteiger partial charge in [0.2, 0.25) is 0 Å². The molecule has 0 saturated carbocycles. The molecule has 1 atom stereocenters. The molecule has 2 heteroatoms. The summed E-state index contributed by atoms with van der Waals surface area (Å²) in [6, 6.07) is 10.0. The van der Waals surface area contributed by atoms with Crippen molar-refractivity contribution in [1.29, 1.82) is 0 Å². The largest absolute Gasteiger partial charge is 0.489 e. The number of rotatable bonds is 7. The molecule has 15 heavy (non-hydrogen) atoms. The molecular formula is C13H21NO. The lowest BCUT2D eigenvalue weighted by Crippen LogP contribution is -2.31. The van der Waals surface area contributed by atoms with Gasteiger partial charge in [0.1, 0.15) is 11.9 Å². The van der Waals surface area contributed by atoms with Crippen LogP contribution >= 0.6 is 0 Å². The van der Waals surface area contributed by atoms with E-state index in [-0.39, 0.29) is 6.10 Å². The van der Waals surface area contributed by atoms with Crippen molar-refractivity contribution in [3.8, 4) is 5.75 Å². The minimum atomic E-state index is 0.289. The van der Waals surface area contributed by atoms with Crippen LogP contribution in [0.4, 0.5) is 0 Å². The minimum absolute atomic E-state index is 0.289. The predicted molar refractivity (Wildman–Crippen MR) is 64.3 cm³/mol. The molecule has 1 N–H and O–H groups in total. The van der Waals surface area contributed by atoms with Gasteiger partial charge < -0.3 is 10.1 Å². The Balaban J connectivity index is 2.43. The summed E-state index contributed by atoms with van der Waals surface area (Å²) < 4.78 is 5.89. The standard InChI is InChI=1S/C13H21NO/c1-3-8-13(11-14-4-2)15-12-9-6-5-7-10-12/h5-7,9-10,13-14H,3-4,8,11H2,1-2H3. The minimum Gasteiger partial charge on any atom is -0.489 e. The van der Waals surface area contributed by atoms with Crippen molar-refractivity contribution >= 4 is 0 Å². The van der Waals surface area contributed by atoms with Crippen molar-refractivity contribution in [2.45, 2.75) is 32.8 Å². The van der Waals surface area contributed by atoms with E-state index in [0.717, 1.165) is 31.7 Å². The second-order valence-electron chi connectivity index (χ2n) is 3.65. The Kier molecular flexibility index (Phi) is 5.86. The Morgan fingerprint density at radius 1 is 1.20 bits per heavy atom. The molecule has 1 rings (SSSR count). The van der Waals surface area contributed by atoms with Crippen molar-refractivity contribution in [3.63, 3.8) is 0 Å². The van der Waals surface area contributed by atoms with Crippen molar-refractivity contribution < 1.29 is 4.74 Å². The molecule has 0 heterocycles. The summed E-state index contributed by atoms with van der Waals surface area (Å²) in [6.45, 7) is 6.23. The van der Waals surface area contributed by atoms with Crippen LogP contribution in [0.5, 0.6) is 5.75 Å². The van der Waals surface area contributed by atoms with Gasteiger partial charge in [0.25, 0.3) is 0 Å². The lowest BCUT2D eigenvalue weighted by molar-refractivity contribution is 0.187. The van der Waals surface area contributed by atoms with Gasteiger partial charge in [-0.25, -0.2) is 0 Å². The molecule has 0 aliphatic carbocycles. The molecule has 0 aliphatic heterocycles. The summed E-state index contributed by atoms with van der Waals surface area (Å²) in [5.74, 6) is 0.967. The zero-order valence-corrected chi connectivity index (χ0v) is 9.70. The van der Waals surface area contributed by atoms with Crippen molar-refractivity contribution in [2.75, 3.05) is 13.1 Å². The maximum absolute atomic E-state index is 5.89. The van der Waals surface area contributed by atoms with E-state index in [4.69, 9.17) is 4.74 Å². The monoisotopic (exact) mass is 207 g/mol. The highest BCUT2D eigenvalue weighted by Gasteiger charge is 2.07. The van der Waals surface area contributed by atoms with Gasteiger partial charge in [-0.3, -0.25) is 0 Å². The molecule has 0 bridgehead atoms. The number of hydrogen-bond donors (Lipinski definition) is 1. The fourth-order valence-corrected chi connectivity index (χ4v) is 1.52. The molecule has 0 amide bonds. The molecule has 1 aromatic carbocycles. The average molecular weight is 207 g/mol. The predicted octanol–water partition coefficient (Wildman–Crippen LogP) is 2.84. The van der Waals surface area contributed by atoms with E-state index in [0.29, 0.717) is 0 Å². The second-order valence-corrected chi connectivity index (χ2v) is 3.65. The summed E-state index contributed by atoms with van der Waals surface area (Å²) >= 11 is 0. The first kappa shape index (κ1) is 12.1. The van der Waals surface area contributed by atoms with Crippen LogP contribution in [0.2, 0.25) is 0 Å². The molecule has 0 saturated heterocycles. The lowest BCUT2D eigenvalue weighted by atomic mass is 10.2. The Hall–Kier alpha value is -1.02. The van der Waals surface area contributed by atoms with E-state index in [9.17, 15) is 0 Å². The van der Waals surface area contributed by atoms with Gasteiger partial charge in [-0.2, -0.15) is 0 Å². The van der Waals surface area contributed by atoms with E-state index in [1.807, 2.05) is 30.3 Å². The molecular weight excluding hydrogens is 186 g/mol. The zero-order valence-electron chi connectivity index (χ0n) is 9.70. The van der Waals surface area contributed by atoms with Crippen LogP contribution in [-0.2, 0) is 0 Å². The van der Waals surface area contributed by atoms with Crippen LogP contribution < -0.4 is 10.1 Å². The highest BCUT2D eigenvalue weighted by atomic mass is 16.5. The Bertz CT molecular complexity index is 248. The third-order valence-corrected chi connectivity index (χ3v) is 2.28. The molecule has 2 nitrogen and oxygen atoms in total. The highest BCUT2D eigenvalue weighted by molar-refractivity contribution is 5.21. The van der Waals surface area contributed by atoms with Gasteiger partial charge in [-0.1, -0.05) is 38.5 Å². The van der Waals surface area contributed by atoms with Crippen LogP contribution in [0.25, 0.3) is 0 Å². The quantitative estimate of drug-likeness (QED) is 0.742. The maximum atomic E-state index is 5.89. The molecule has 1 unspecified atom stereocenters. The first-order chi connectivity index (χ1) is 7.36. The summed E-state index contributed by atoms with van der Waals surface area (Å²) in [5, 5.41) is 3.33.